The molecule has 0 spiro atoms. The summed E-state index contributed by atoms with van der Waals surface area (Å²) in [6.45, 7) is 10.6. The number of hydrogen-bond acceptors (Lipinski definition) is 4. The summed E-state index contributed by atoms with van der Waals surface area (Å²) in [5.74, 6) is 0.926. The van der Waals surface area contributed by atoms with Gasteiger partial charge in [0.25, 0.3) is 0 Å². The number of ether oxygens (including phenoxy) is 1. The highest BCUT2D eigenvalue weighted by Crippen LogP contribution is 2.22. The minimum Gasteiger partial charge on any atom is -0.494 e. The van der Waals surface area contributed by atoms with E-state index in [1.54, 1.807) is 0 Å². The molecule has 2 aromatic rings. The molecule has 0 aliphatic carbocycles. The number of fused-ring (bicyclic) bond motifs is 1. The van der Waals surface area contributed by atoms with Gasteiger partial charge in [0.2, 0.25) is 0 Å². The van der Waals surface area contributed by atoms with Crippen LogP contribution < -0.4 is 20.2 Å². The minimum absolute atomic E-state index is 0.0886. The largest absolute Gasteiger partial charge is 0.494 e. The lowest BCUT2D eigenvalue weighted by Gasteiger charge is -2.27. The molecule has 0 saturated carbocycles. The first-order chi connectivity index (χ1) is 12.7. The van der Waals surface area contributed by atoms with Crippen molar-refractivity contribution in [2.45, 2.75) is 33.4 Å². The molecule has 0 amide bonds. The van der Waals surface area contributed by atoms with Gasteiger partial charge in [-0.2, -0.15) is 0 Å². The van der Waals surface area contributed by atoms with Crippen molar-refractivity contribution in [1.29, 1.82) is 0 Å². The standard InChI is InChI=1S/C22H29N3O/c1-4-24(5-2)15-8-16-26-21-13-11-20(12-14-21)25-17-19-9-6-7-10-22(19)23-18(25)3/h6-7,9-14,17-18H,4-5,8,15-16H2,1-3H3. The van der Waals surface area contributed by atoms with E-state index in [9.17, 15) is 0 Å². The van der Waals surface area contributed by atoms with Crippen LogP contribution in [0, 0.1) is 0 Å². The fraction of sp³-hybridized carbons (Fsp3) is 0.409. The molecule has 1 aliphatic rings. The molecule has 1 heterocycles. The van der Waals surface area contributed by atoms with E-state index in [0.29, 0.717) is 0 Å². The van der Waals surface area contributed by atoms with Gasteiger partial charge in [0.1, 0.15) is 11.9 Å². The molecule has 4 nitrogen and oxygen atoms in total. The van der Waals surface area contributed by atoms with E-state index in [0.717, 1.165) is 54.7 Å². The maximum absolute atomic E-state index is 5.89. The second-order valence-electron chi connectivity index (χ2n) is 6.58. The minimum atomic E-state index is 0.0886. The molecule has 138 valence electrons. The van der Waals surface area contributed by atoms with Gasteiger partial charge >= 0.3 is 0 Å². The predicted molar refractivity (Wildman–Crippen MR) is 108 cm³/mol. The number of nitrogens with zero attached hydrogens (tertiary/aromatic N) is 3. The lowest BCUT2D eigenvalue weighted by molar-refractivity contribution is 0.249. The fourth-order valence-electron chi connectivity index (χ4n) is 3.26. The topological polar surface area (TPSA) is 28.1 Å². The fourth-order valence-corrected chi connectivity index (χ4v) is 3.26. The van der Waals surface area contributed by atoms with Crippen LogP contribution in [0.2, 0.25) is 0 Å². The van der Waals surface area contributed by atoms with Crippen LogP contribution >= 0.6 is 0 Å². The maximum Gasteiger partial charge on any atom is 0.122 e. The van der Waals surface area contributed by atoms with E-state index in [-0.39, 0.29) is 6.17 Å². The van der Waals surface area contributed by atoms with E-state index in [1.165, 1.54) is 0 Å². The Balaban J connectivity index is 1.60. The Morgan fingerprint density at radius 2 is 1.77 bits per heavy atom. The van der Waals surface area contributed by atoms with E-state index in [1.807, 2.05) is 24.3 Å². The Bertz CT molecular complexity index is 812. The highest BCUT2D eigenvalue weighted by Gasteiger charge is 2.14. The summed E-state index contributed by atoms with van der Waals surface area (Å²) in [5.41, 5.74) is 1.13. The van der Waals surface area contributed by atoms with Crippen molar-refractivity contribution < 1.29 is 4.74 Å². The highest BCUT2D eigenvalue weighted by atomic mass is 16.5. The first kappa shape index (κ1) is 18.5. The Morgan fingerprint density at radius 1 is 1.04 bits per heavy atom. The van der Waals surface area contributed by atoms with Crippen molar-refractivity contribution in [3.63, 3.8) is 0 Å². The molecule has 0 saturated heterocycles. The van der Waals surface area contributed by atoms with Crippen molar-refractivity contribution in [1.82, 2.24) is 4.90 Å². The number of para-hydroxylation sites is 1. The average molecular weight is 351 g/mol. The van der Waals surface area contributed by atoms with Gasteiger partial charge in [0.15, 0.2) is 0 Å². The van der Waals surface area contributed by atoms with Crippen molar-refractivity contribution in [2.24, 2.45) is 4.99 Å². The smallest absolute Gasteiger partial charge is 0.122 e. The lowest BCUT2D eigenvalue weighted by atomic mass is 10.2. The molecule has 1 atom stereocenters. The molecule has 1 unspecified atom stereocenters. The molecule has 0 fully saturated rings. The Labute approximate surface area is 156 Å². The van der Waals surface area contributed by atoms with E-state index in [4.69, 9.17) is 9.73 Å². The SMILES string of the molecule is CCN(CC)CCCOc1ccc(N2C=c3ccccc3=NC2C)cc1. The zero-order valence-corrected chi connectivity index (χ0v) is 16.1. The van der Waals surface area contributed by atoms with Crippen LogP contribution in [0.1, 0.15) is 27.2 Å². The normalized spacial score (nSPS) is 16.0. The molecular weight excluding hydrogens is 322 g/mol. The molecule has 26 heavy (non-hydrogen) atoms. The Morgan fingerprint density at radius 3 is 2.50 bits per heavy atom. The Hall–Kier alpha value is -2.33. The second kappa shape index (κ2) is 8.86. The molecule has 1 aliphatic heterocycles. The average Bonchev–Trinajstić information content (AvgIpc) is 2.68. The quantitative estimate of drug-likeness (QED) is 0.685. The van der Waals surface area contributed by atoms with Crippen LogP contribution in [-0.4, -0.2) is 37.3 Å². The zero-order valence-electron chi connectivity index (χ0n) is 16.1. The van der Waals surface area contributed by atoms with Crippen LogP contribution in [0.4, 0.5) is 5.69 Å². The molecule has 4 heteroatoms. The highest BCUT2D eigenvalue weighted by molar-refractivity contribution is 5.61. The molecule has 2 aromatic carbocycles. The summed E-state index contributed by atoms with van der Waals surface area (Å²) in [6, 6.07) is 16.6. The van der Waals surface area contributed by atoms with Gasteiger partial charge in [0, 0.05) is 23.7 Å². The van der Waals surface area contributed by atoms with Crippen LogP contribution in [0.15, 0.2) is 53.5 Å². The maximum atomic E-state index is 5.89. The third-order valence-electron chi connectivity index (χ3n) is 4.86. The summed E-state index contributed by atoms with van der Waals surface area (Å²) in [5, 5.41) is 2.21. The summed E-state index contributed by atoms with van der Waals surface area (Å²) in [4.78, 5) is 9.40. The van der Waals surface area contributed by atoms with Crippen molar-refractivity contribution >= 4 is 11.9 Å². The lowest BCUT2D eigenvalue weighted by Crippen LogP contribution is -2.40. The summed E-state index contributed by atoms with van der Waals surface area (Å²) in [7, 11) is 0. The van der Waals surface area contributed by atoms with Gasteiger partial charge < -0.3 is 14.5 Å². The van der Waals surface area contributed by atoms with Crippen LogP contribution in [-0.2, 0) is 0 Å². The molecule has 0 aromatic heterocycles. The van der Waals surface area contributed by atoms with Crippen molar-refractivity contribution in [3.8, 4) is 5.75 Å². The van der Waals surface area contributed by atoms with Gasteiger partial charge in [-0.3, -0.25) is 4.99 Å². The molecular formula is C22H29N3O. The number of anilines is 1. The second-order valence-corrected chi connectivity index (χ2v) is 6.58. The summed E-state index contributed by atoms with van der Waals surface area (Å²) in [6.07, 6.45) is 3.31. The monoisotopic (exact) mass is 351 g/mol. The number of hydrogen-bond donors (Lipinski definition) is 0. The van der Waals surface area contributed by atoms with Crippen LogP contribution in [0.3, 0.4) is 0 Å². The zero-order chi connectivity index (χ0) is 18.4. The summed E-state index contributed by atoms with van der Waals surface area (Å²) < 4.78 is 5.89. The molecule has 0 N–H and O–H groups in total. The van der Waals surface area contributed by atoms with Crippen LogP contribution in [0.5, 0.6) is 5.75 Å². The van der Waals surface area contributed by atoms with Crippen LogP contribution in [0.25, 0.3) is 6.20 Å². The van der Waals surface area contributed by atoms with Crippen molar-refractivity contribution in [2.75, 3.05) is 31.1 Å². The van der Waals surface area contributed by atoms with Gasteiger partial charge in [-0.05, 0) is 56.8 Å². The molecule has 0 radical (unpaired) electrons. The molecule has 0 bridgehead atoms. The van der Waals surface area contributed by atoms with Gasteiger partial charge in [-0.1, -0.05) is 32.0 Å². The number of rotatable bonds is 8. The van der Waals surface area contributed by atoms with E-state index < -0.39 is 0 Å². The van der Waals surface area contributed by atoms with Gasteiger partial charge in [-0.15, -0.1) is 0 Å². The third kappa shape index (κ3) is 4.44. The first-order valence-corrected chi connectivity index (χ1v) is 9.59. The number of benzene rings is 2. The van der Waals surface area contributed by atoms with E-state index in [2.05, 4.69) is 61.0 Å². The molecule has 3 rings (SSSR count). The first-order valence-electron chi connectivity index (χ1n) is 9.59. The van der Waals surface area contributed by atoms with Gasteiger partial charge in [0.05, 0.1) is 12.0 Å². The predicted octanol–water partition coefficient (Wildman–Crippen LogP) is 3.02. The Kier molecular flexibility index (Phi) is 6.29. The van der Waals surface area contributed by atoms with E-state index >= 15 is 0 Å². The summed E-state index contributed by atoms with van der Waals surface area (Å²) >= 11 is 0. The van der Waals surface area contributed by atoms with Crippen molar-refractivity contribution in [3.05, 3.63) is 59.1 Å². The van der Waals surface area contributed by atoms with Gasteiger partial charge in [-0.25, -0.2) is 0 Å². The third-order valence-corrected chi connectivity index (χ3v) is 4.86.